The zero-order valence-electron chi connectivity index (χ0n) is 12.9. The minimum absolute atomic E-state index is 0.0725. The van der Waals surface area contributed by atoms with Crippen molar-refractivity contribution in [1.82, 2.24) is 15.2 Å². The number of aromatic nitrogens is 1. The van der Waals surface area contributed by atoms with Gasteiger partial charge >= 0.3 is 0 Å². The van der Waals surface area contributed by atoms with Gasteiger partial charge in [0.15, 0.2) is 0 Å². The van der Waals surface area contributed by atoms with Crippen molar-refractivity contribution in [2.45, 2.75) is 33.2 Å². The number of carbonyl (C=O) groups is 1. The molecule has 0 radical (unpaired) electrons. The van der Waals surface area contributed by atoms with E-state index in [1.54, 1.807) is 12.3 Å². The summed E-state index contributed by atoms with van der Waals surface area (Å²) in [6.45, 7) is 8.74. The number of carbonyl (C=O) groups excluding carboxylic acids is 1. The molecule has 1 rings (SSSR count). The van der Waals surface area contributed by atoms with Gasteiger partial charge in [-0.3, -0.25) is 4.79 Å². The van der Waals surface area contributed by atoms with E-state index < -0.39 is 0 Å². The summed E-state index contributed by atoms with van der Waals surface area (Å²) in [4.78, 5) is 18.3. The Hall–Kier alpha value is -1.62. The summed E-state index contributed by atoms with van der Waals surface area (Å²) in [5, 5.41) is 6.09. The molecule has 5 heteroatoms. The average molecular weight is 278 g/mol. The van der Waals surface area contributed by atoms with Crippen LogP contribution in [-0.2, 0) is 0 Å². The molecule has 0 aliphatic rings. The lowest BCUT2D eigenvalue weighted by molar-refractivity contribution is 0.0947. The number of hydrogen-bond donors (Lipinski definition) is 2. The summed E-state index contributed by atoms with van der Waals surface area (Å²) in [5.74, 6) is 0.736. The second-order valence-corrected chi connectivity index (χ2v) is 5.19. The molecule has 112 valence electrons. The van der Waals surface area contributed by atoms with Gasteiger partial charge in [-0.1, -0.05) is 6.92 Å². The van der Waals surface area contributed by atoms with Crippen LogP contribution in [-0.4, -0.2) is 48.5 Å². The highest BCUT2D eigenvalue weighted by Crippen LogP contribution is 2.05. The van der Waals surface area contributed by atoms with Gasteiger partial charge < -0.3 is 15.5 Å². The van der Waals surface area contributed by atoms with Crippen molar-refractivity contribution in [2.24, 2.45) is 0 Å². The van der Waals surface area contributed by atoms with Gasteiger partial charge in [0.2, 0.25) is 0 Å². The van der Waals surface area contributed by atoms with Crippen molar-refractivity contribution in [3.63, 3.8) is 0 Å². The second-order valence-electron chi connectivity index (χ2n) is 5.19. The first-order valence-electron chi connectivity index (χ1n) is 7.23. The fourth-order valence-corrected chi connectivity index (χ4v) is 1.59. The van der Waals surface area contributed by atoms with Crippen LogP contribution < -0.4 is 10.6 Å². The zero-order chi connectivity index (χ0) is 15.0. The maximum atomic E-state index is 11.9. The first kappa shape index (κ1) is 16.4. The highest BCUT2D eigenvalue weighted by atomic mass is 16.1. The molecule has 20 heavy (non-hydrogen) atoms. The quantitative estimate of drug-likeness (QED) is 0.763. The van der Waals surface area contributed by atoms with Gasteiger partial charge in [-0.05, 0) is 39.4 Å². The maximum Gasteiger partial charge on any atom is 0.252 e. The highest BCUT2D eigenvalue weighted by Gasteiger charge is 2.07. The van der Waals surface area contributed by atoms with Crippen LogP contribution in [0.3, 0.4) is 0 Å². The number of hydrogen-bond acceptors (Lipinski definition) is 4. The summed E-state index contributed by atoms with van der Waals surface area (Å²) in [6, 6.07) is 4.12. The molecular formula is C15H26N4O. The van der Waals surface area contributed by atoms with Gasteiger partial charge in [0.05, 0.1) is 5.56 Å². The Morgan fingerprint density at radius 1 is 1.35 bits per heavy atom. The van der Waals surface area contributed by atoms with E-state index >= 15 is 0 Å². The smallest absolute Gasteiger partial charge is 0.252 e. The predicted molar refractivity (Wildman–Crippen MR) is 83.1 cm³/mol. The molecule has 1 heterocycles. The fourth-order valence-electron chi connectivity index (χ4n) is 1.59. The molecule has 0 spiro atoms. The number of nitrogens with zero attached hydrogens (tertiary/aromatic N) is 2. The summed E-state index contributed by atoms with van der Waals surface area (Å²) >= 11 is 0. The average Bonchev–Trinajstić information content (AvgIpc) is 2.45. The minimum Gasteiger partial charge on any atom is -0.370 e. The van der Waals surface area contributed by atoms with Crippen molar-refractivity contribution in [3.8, 4) is 0 Å². The van der Waals surface area contributed by atoms with Crippen molar-refractivity contribution in [2.75, 3.05) is 32.0 Å². The Morgan fingerprint density at radius 2 is 2.10 bits per heavy atom. The minimum atomic E-state index is -0.0725. The van der Waals surface area contributed by atoms with Crippen LogP contribution in [0.25, 0.3) is 0 Å². The van der Waals surface area contributed by atoms with Gasteiger partial charge in [0.25, 0.3) is 5.91 Å². The van der Waals surface area contributed by atoms with Gasteiger partial charge in [-0.2, -0.15) is 0 Å². The molecule has 0 fully saturated rings. The van der Waals surface area contributed by atoms with E-state index in [2.05, 4.69) is 41.3 Å². The van der Waals surface area contributed by atoms with Crippen LogP contribution in [0.5, 0.6) is 0 Å². The van der Waals surface area contributed by atoms with Crippen molar-refractivity contribution >= 4 is 11.7 Å². The number of amides is 1. The Balaban J connectivity index is 2.39. The van der Waals surface area contributed by atoms with E-state index in [0.29, 0.717) is 18.2 Å². The molecule has 0 unspecified atom stereocenters. The number of likely N-dealkylation sites (N-methyl/N-ethyl adjacent to an activating group) is 1. The van der Waals surface area contributed by atoms with Gasteiger partial charge in [0.1, 0.15) is 5.82 Å². The Bertz CT molecular complexity index is 403. The molecule has 0 atom stereocenters. The summed E-state index contributed by atoms with van der Waals surface area (Å²) in [7, 11) is 2.05. The third kappa shape index (κ3) is 5.57. The first-order valence-corrected chi connectivity index (χ1v) is 7.23. The second kappa shape index (κ2) is 8.53. The molecule has 0 aliphatic heterocycles. The van der Waals surface area contributed by atoms with Crippen molar-refractivity contribution in [1.29, 1.82) is 0 Å². The van der Waals surface area contributed by atoms with Crippen LogP contribution in [0.4, 0.5) is 5.82 Å². The summed E-state index contributed by atoms with van der Waals surface area (Å²) in [6.07, 6.45) is 2.66. The standard InChI is InChI=1S/C15H26N4O/c1-5-8-16-14-7-6-13(11-18-14)15(20)17-9-10-19(4)12(2)3/h6-7,11-12H,5,8-10H2,1-4H3,(H,16,18)(H,17,20). The number of nitrogens with one attached hydrogen (secondary N) is 2. The van der Waals surface area contributed by atoms with E-state index in [0.717, 1.165) is 25.3 Å². The van der Waals surface area contributed by atoms with Gasteiger partial charge in [0, 0.05) is 31.9 Å². The van der Waals surface area contributed by atoms with Crippen LogP contribution in [0, 0.1) is 0 Å². The van der Waals surface area contributed by atoms with E-state index in [1.165, 1.54) is 0 Å². The monoisotopic (exact) mass is 278 g/mol. The molecule has 0 aliphatic carbocycles. The normalized spacial score (nSPS) is 10.9. The Kier molecular flexibility index (Phi) is 7.01. The molecule has 5 nitrogen and oxygen atoms in total. The molecule has 0 aromatic carbocycles. The first-order chi connectivity index (χ1) is 9.54. The largest absolute Gasteiger partial charge is 0.370 e. The molecule has 1 aromatic heterocycles. The zero-order valence-corrected chi connectivity index (χ0v) is 12.9. The third-order valence-corrected chi connectivity index (χ3v) is 3.21. The van der Waals surface area contributed by atoms with Gasteiger partial charge in [-0.25, -0.2) is 4.98 Å². The summed E-state index contributed by atoms with van der Waals surface area (Å²) in [5.41, 5.74) is 0.597. The molecule has 1 aromatic rings. The highest BCUT2D eigenvalue weighted by molar-refractivity contribution is 5.94. The Morgan fingerprint density at radius 3 is 2.65 bits per heavy atom. The van der Waals surface area contributed by atoms with E-state index in [9.17, 15) is 4.79 Å². The molecular weight excluding hydrogens is 252 g/mol. The molecule has 0 saturated carbocycles. The maximum absolute atomic E-state index is 11.9. The molecule has 0 saturated heterocycles. The van der Waals surface area contributed by atoms with E-state index in [1.807, 2.05) is 13.1 Å². The van der Waals surface area contributed by atoms with Crippen LogP contribution >= 0.6 is 0 Å². The lowest BCUT2D eigenvalue weighted by Crippen LogP contribution is -2.36. The van der Waals surface area contributed by atoms with Gasteiger partial charge in [-0.15, -0.1) is 0 Å². The fraction of sp³-hybridized carbons (Fsp3) is 0.600. The number of pyridine rings is 1. The lowest BCUT2D eigenvalue weighted by Gasteiger charge is -2.20. The summed E-state index contributed by atoms with van der Waals surface area (Å²) < 4.78 is 0. The lowest BCUT2D eigenvalue weighted by atomic mass is 10.2. The Labute approximate surface area is 121 Å². The van der Waals surface area contributed by atoms with Crippen LogP contribution in [0.2, 0.25) is 0 Å². The van der Waals surface area contributed by atoms with Crippen molar-refractivity contribution < 1.29 is 4.79 Å². The van der Waals surface area contributed by atoms with Crippen LogP contribution in [0.15, 0.2) is 18.3 Å². The topological polar surface area (TPSA) is 57.3 Å². The predicted octanol–water partition coefficient (Wildman–Crippen LogP) is 1.97. The third-order valence-electron chi connectivity index (χ3n) is 3.21. The van der Waals surface area contributed by atoms with Crippen LogP contribution in [0.1, 0.15) is 37.6 Å². The molecule has 1 amide bonds. The van der Waals surface area contributed by atoms with E-state index in [-0.39, 0.29) is 5.91 Å². The SMILES string of the molecule is CCCNc1ccc(C(=O)NCCN(C)C(C)C)cn1. The molecule has 2 N–H and O–H groups in total. The van der Waals surface area contributed by atoms with Crippen molar-refractivity contribution in [3.05, 3.63) is 23.9 Å². The van der Waals surface area contributed by atoms with E-state index in [4.69, 9.17) is 0 Å². The number of anilines is 1. The molecule has 0 bridgehead atoms. The number of rotatable bonds is 8.